The molecule has 0 atom stereocenters. The van der Waals surface area contributed by atoms with Crippen molar-refractivity contribution in [2.24, 2.45) is 0 Å². The van der Waals surface area contributed by atoms with Gasteiger partial charge in [0.1, 0.15) is 0 Å². The van der Waals surface area contributed by atoms with E-state index >= 15 is 0 Å². The fourth-order valence-electron chi connectivity index (χ4n) is 1.84. The van der Waals surface area contributed by atoms with E-state index in [0.29, 0.717) is 13.1 Å². The monoisotopic (exact) mass is 342 g/mol. The number of rotatable bonds is 7. The number of hydrogen-bond acceptors (Lipinski definition) is 5. The van der Waals surface area contributed by atoms with Gasteiger partial charge < -0.3 is 9.64 Å². The third-order valence-electron chi connectivity index (χ3n) is 3.24. The molecule has 0 aliphatic rings. The average Bonchev–Trinajstić information content (AvgIpc) is 2.53. The lowest BCUT2D eigenvalue weighted by Crippen LogP contribution is -2.30. The normalized spacial score (nSPS) is 11.3. The van der Waals surface area contributed by atoms with Crippen LogP contribution in [0.3, 0.4) is 0 Å². The fourth-order valence-corrected chi connectivity index (χ4v) is 3.34. The Labute approximate surface area is 136 Å². The van der Waals surface area contributed by atoms with E-state index in [0.717, 1.165) is 0 Å². The number of nitrogens with zero attached hydrogens (tertiary/aromatic N) is 2. The average molecular weight is 342 g/mol. The number of likely N-dealkylation sites (N-methyl/N-ethyl adjacent to an activating group) is 1. The van der Waals surface area contributed by atoms with E-state index in [1.165, 1.54) is 33.5 Å². The first-order valence-electron chi connectivity index (χ1n) is 7.21. The van der Waals surface area contributed by atoms with Gasteiger partial charge in [-0.15, -0.1) is 0 Å². The molecule has 1 aromatic rings. The molecule has 0 aromatic heterocycles. The molecule has 0 spiro atoms. The maximum absolute atomic E-state index is 12.4. The molecule has 0 aliphatic carbocycles. The third kappa shape index (κ3) is 4.77. The zero-order chi connectivity index (χ0) is 17.6. The van der Waals surface area contributed by atoms with Crippen LogP contribution in [-0.4, -0.2) is 63.3 Å². The van der Waals surface area contributed by atoms with Crippen molar-refractivity contribution in [1.29, 1.82) is 0 Å². The van der Waals surface area contributed by atoms with Gasteiger partial charge in [0.2, 0.25) is 10.0 Å². The molecule has 0 heterocycles. The van der Waals surface area contributed by atoms with Gasteiger partial charge in [-0.1, -0.05) is 19.9 Å². The second-order valence-corrected chi connectivity index (χ2v) is 6.92. The number of sulfonamides is 1. The lowest BCUT2D eigenvalue weighted by Gasteiger charge is -2.18. The second-order valence-electron chi connectivity index (χ2n) is 4.98. The lowest BCUT2D eigenvalue weighted by molar-refractivity contribution is -0.131. The third-order valence-corrected chi connectivity index (χ3v) is 5.28. The molecule has 0 unspecified atom stereocenters. The van der Waals surface area contributed by atoms with E-state index in [1.807, 2.05) is 0 Å². The van der Waals surface area contributed by atoms with Crippen LogP contribution in [0.2, 0.25) is 0 Å². The molecule has 0 aliphatic heterocycles. The molecular formula is C15H22N2O5S. The molecule has 0 N–H and O–H groups in total. The van der Waals surface area contributed by atoms with E-state index < -0.39 is 22.6 Å². The molecule has 0 saturated carbocycles. The topological polar surface area (TPSA) is 84.0 Å². The van der Waals surface area contributed by atoms with Crippen LogP contribution in [0.1, 0.15) is 24.2 Å². The van der Waals surface area contributed by atoms with Gasteiger partial charge in [0.15, 0.2) is 6.61 Å². The molecule has 128 valence electrons. The minimum atomic E-state index is -3.65. The highest BCUT2D eigenvalue weighted by Gasteiger charge is 2.23. The molecule has 8 heteroatoms. The molecule has 0 radical (unpaired) electrons. The van der Waals surface area contributed by atoms with Crippen LogP contribution in [0.15, 0.2) is 29.2 Å². The largest absolute Gasteiger partial charge is 0.452 e. The number of esters is 1. The molecule has 23 heavy (non-hydrogen) atoms. The minimum Gasteiger partial charge on any atom is -0.452 e. The van der Waals surface area contributed by atoms with Gasteiger partial charge in [0.05, 0.1) is 10.5 Å². The fraction of sp³-hybridized carbons (Fsp3) is 0.467. The van der Waals surface area contributed by atoms with Crippen LogP contribution in [0.4, 0.5) is 0 Å². The predicted octanol–water partition coefficient (Wildman–Crippen LogP) is 0.962. The van der Waals surface area contributed by atoms with Gasteiger partial charge >= 0.3 is 5.97 Å². The van der Waals surface area contributed by atoms with Crippen LogP contribution >= 0.6 is 0 Å². The van der Waals surface area contributed by atoms with Crippen molar-refractivity contribution in [1.82, 2.24) is 9.21 Å². The van der Waals surface area contributed by atoms with Crippen LogP contribution < -0.4 is 0 Å². The number of amides is 1. The highest BCUT2D eigenvalue weighted by Crippen LogP contribution is 2.17. The van der Waals surface area contributed by atoms with Gasteiger partial charge in [0.25, 0.3) is 5.91 Å². The number of ether oxygens (including phenoxy) is 1. The Morgan fingerprint density at radius 1 is 1.13 bits per heavy atom. The number of carbonyl (C=O) groups excluding carboxylic acids is 2. The Balaban J connectivity index is 2.97. The van der Waals surface area contributed by atoms with E-state index in [2.05, 4.69) is 0 Å². The van der Waals surface area contributed by atoms with E-state index in [1.54, 1.807) is 27.9 Å². The highest BCUT2D eigenvalue weighted by atomic mass is 32.2. The summed E-state index contributed by atoms with van der Waals surface area (Å²) >= 11 is 0. The van der Waals surface area contributed by atoms with E-state index in [4.69, 9.17) is 4.74 Å². The van der Waals surface area contributed by atoms with Crippen LogP contribution in [0, 0.1) is 0 Å². The van der Waals surface area contributed by atoms with Gasteiger partial charge in [-0.3, -0.25) is 4.79 Å². The standard InChI is InChI=1S/C15H22N2O5S/c1-5-17(6-2)23(20,21)13-9-7-8-12(10-13)15(19)22-11-14(18)16(3)4/h7-10H,5-6,11H2,1-4H3. The summed E-state index contributed by atoms with van der Waals surface area (Å²) < 4.78 is 31.1. The van der Waals surface area contributed by atoms with E-state index in [9.17, 15) is 18.0 Å². The molecule has 0 saturated heterocycles. The molecule has 1 aromatic carbocycles. The number of benzene rings is 1. The van der Waals surface area contributed by atoms with Crippen LogP contribution in [0.25, 0.3) is 0 Å². The minimum absolute atomic E-state index is 0.0228. The highest BCUT2D eigenvalue weighted by molar-refractivity contribution is 7.89. The smallest absolute Gasteiger partial charge is 0.338 e. The van der Waals surface area contributed by atoms with Crippen molar-refractivity contribution < 1.29 is 22.7 Å². The molecule has 0 fully saturated rings. The summed E-state index contributed by atoms with van der Waals surface area (Å²) in [5.41, 5.74) is 0.0878. The first-order chi connectivity index (χ1) is 10.7. The van der Waals surface area contributed by atoms with Gasteiger partial charge in [0, 0.05) is 27.2 Å². The van der Waals surface area contributed by atoms with Crippen LogP contribution in [-0.2, 0) is 19.6 Å². The maximum atomic E-state index is 12.4. The van der Waals surface area contributed by atoms with Crippen molar-refractivity contribution in [2.75, 3.05) is 33.8 Å². The predicted molar refractivity (Wildman–Crippen MR) is 85.5 cm³/mol. The van der Waals surface area contributed by atoms with E-state index in [-0.39, 0.29) is 16.4 Å². The summed E-state index contributed by atoms with van der Waals surface area (Å²) in [4.78, 5) is 24.7. The molecule has 7 nitrogen and oxygen atoms in total. The second kappa shape index (κ2) is 8.07. The summed E-state index contributed by atoms with van der Waals surface area (Å²) in [6.07, 6.45) is 0. The Morgan fingerprint density at radius 2 is 1.74 bits per heavy atom. The first kappa shape index (κ1) is 19.1. The summed E-state index contributed by atoms with van der Waals surface area (Å²) in [5, 5.41) is 0. The zero-order valence-corrected chi connectivity index (χ0v) is 14.6. The molecule has 1 amide bonds. The molecule has 1 rings (SSSR count). The SMILES string of the molecule is CCN(CC)S(=O)(=O)c1cccc(C(=O)OCC(=O)N(C)C)c1. The van der Waals surface area contributed by atoms with Crippen molar-refractivity contribution in [2.45, 2.75) is 18.7 Å². The number of carbonyl (C=O) groups is 2. The first-order valence-corrected chi connectivity index (χ1v) is 8.65. The Morgan fingerprint density at radius 3 is 2.26 bits per heavy atom. The van der Waals surface area contributed by atoms with Gasteiger partial charge in [-0.25, -0.2) is 13.2 Å². The van der Waals surface area contributed by atoms with Crippen molar-refractivity contribution >= 4 is 21.9 Å². The number of hydrogen-bond donors (Lipinski definition) is 0. The molecular weight excluding hydrogens is 320 g/mol. The van der Waals surface area contributed by atoms with Gasteiger partial charge in [-0.05, 0) is 18.2 Å². The zero-order valence-electron chi connectivity index (χ0n) is 13.8. The molecule has 0 bridgehead atoms. The lowest BCUT2D eigenvalue weighted by atomic mass is 10.2. The quantitative estimate of drug-likeness (QED) is 0.689. The Bertz CT molecular complexity index is 666. The summed E-state index contributed by atoms with van der Waals surface area (Å²) in [6, 6.07) is 5.61. The van der Waals surface area contributed by atoms with Crippen molar-refractivity contribution in [3.05, 3.63) is 29.8 Å². The Hall–Kier alpha value is -1.93. The van der Waals surface area contributed by atoms with Gasteiger partial charge in [-0.2, -0.15) is 4.31 Å². The summed E-state index contributed by atoms with van der Waals surface area (Å²) in [6.45, 7) is 3.77. The Kier molecular flexibility index (Phi) is 6.71. The van der Waals surface area contributed by atoms with Crippen LogP contribution in [0.5, 0.6) is 0 Å². The summed E-state index contributed by atoms with van der Waals surface area (Å²) in [7, 11) is -0.553. The summed E-state index contributed by atoms with van der Waals surface area (Å²) in [5.74, 6) is -1.10. The maximum Gasteiger partial charge on any atom is 0.338 e. The van der Waals surface area contributed by atoms with Crippen molar-refractivity contribution in [3.8, 4) is 0 Å². The van der Waals surface area contributed by atoms with Crippen molar-refractivity contribution in [3.63, 3.8) is 0 Å².